The van der Waals surface area contributed by atoms with Gasteiger partial charge in [0.15, 0.2) is 5.78 Å². The zero-order valence-corrected chi connectivity index (χ0v) is 11.4. The van der Waals surface area contributed by atoms with Gasteiger partial charge in [-0.05, 0) is 19.1 Å². The maximum absolute atomic E-state index is 12.1. The minimum Gasteiger partial charge on any atom is -0.379 e. The second kappa shape index (κ2) is 5.76. The third-order valence-electron chi connectivity index (χ3n) is 3.02. The van der Waals surface area contributed by atoms with Crippen molar-refractivity contribution >= 4 is 21.7 Å². The van der Waals surface area contributed by atoms with Crippen LogP contribution < -0.4 is 0 Å². The van der Waals surface area contributed by atoms with Gasteiger partial charge >= 0.3 is 0 Å². The molecule has 0 bridgehead atoms. The van der Waals surface area contributed by atoms with Gasteiger partial charge in [-0.15, -0.1) is 0 Å². The van der Waals surface area contributed by atoms with Crippen LogP contribution in [0.3, 0.4) is 0 Å². The number of carbonyl (C=O) groups is 1. The number of halogens is 1. The molecule has 1 saturated heterocycles. The van der Waals surface area contributed by atoms with Crippen molar-refractivity contribution in [1.29, 1.82) is 0 Å². The van der Waals surface area contributed by atoms with Crippen LogP contribution in [0.1, 0.15) is 17.3 Å². The minimum absolute atomic E-state index is 0.172. The van der Waals surface area contributed by atoms with Gasteiger partial charge in [-0.2, -0.15) is 0 Å². The molecule has 3 nitrogen and oxygen atoms in total. The highest BCUT2D eigenvalue weighted by atomic mass is 79.9. The Bertz CT molecular complexity index is 391. The molecular formula is C13H16BrNO2. The van der Waals surface area contributed by atoms with Crippen molar-refractivity contribution < 1.29 is 9.53 Å². The van der Waals surface area contributed by atoms with Gasteiger partial charge in [0.1, 0.15) is 0 Å². The van der Waals surface area contributed by atoms with Crippen LogP contribution in [0.25, 0.3) is 0 Å². The number of morpholine rings is 1. The summed E-state index contributed by atoms with van der Waals surface area (Å²) in [7, 11) is 0. The fraction of sp³-hybridized carbons (Fsp3) is 0.462. The molecule has 1 atom stereocenters. The SMILES string of the molecule is CC1COCCN1CC(=O)c1ccc(Br)cc1. The molecule has 4 heteroatoms. The van der Waals surface area contributed by atoms with E-state index in [0.717, 1.165) is 23.2 Å². The Morgan fingerprint density at radius 2 is 2.18 bits per heavy atom. The molecule has 0 aromatic heterocycles. The fourth-order valence-corrected chi connectivity index (χ4v) is 2.17. The molecule has 0 saturated carbocycles. The lowest BCUT2D eigenvalue weighted by atomic mass is 10.1. The number of carbonyl (C=O) groups excluding carboxylic acids is 1. The maximum Gasteiger partial charge on any atom is 0.176 e. The predicted molar refractivity (Wildman–Crippen MR) is 70.3 cm³/mol. The van der Waals surface area contributed by atoms with Crippen molar-refractivity contribution in [2.24, 2.45) is 0 Å². The molecule has 1 aliphatic heterocycles. The molecule has 1 unspecified atom stereocenters. The Balaban J connectivity index is 1.98. The van der Waals surface area contributed by atoms with Crippen LogP contribution in [0.2, 0.25) is 0 Å². The molecule has 17 heavy (non-hydrogen) atoms. The number of rotatable bonds is 3. The van der Waals surface area contributed by atoms with E-state index in [2.05, 4.69) is 27.8 Å². The predicted octanol–water partition coefficient (Wildman–Crippen LogP) is 2.35. The molecule has 0 spiro atoms. The second-order valence-electron chi connectivity index (χ2n) is 4.32. The molecule has 0 aliphatic carbocycles. The number of Topliss-reactive ketones (excluding diaryl/α,β-unsaturated/α-hetero) is 1. The van der Waals surface area contributed by atoms with Crippen LogP contribution in [-0.4, -0.2) is 43.0 Å². The number of benzene rings is 1. The zero-order valence-electron chi connectivity index (χ0n) is 9.86. The third-order valence-corrected chi connectivity index (χ3v) is 3.55. The number of ketones is 1. The van der Waals surface area contributed by atoms with E-state index in [1.165, 1.54) is 0 Å². The first-order chi connectivity index (χ1) is 8.16. The average molecular weight is 298 g/mol. The first-order valence-corrected chi connectivity index (χ1v) is 6.56. The van der Waals surface area contributed by atoms with E-state index in [1.54, 1.807) is 0 Å². The zero-order chi connectivity index (χ0) is 12.3. The minimum atomic E-state index is 0.172. The molecule has 1 aromatic rings. The van der Waals surface area contributed by atoms with E-state index in [4.69, 9.17) is 4.74 Å². The summed E-state index contributed by atoms with van der Waals surface area (Å²) in [6, 6.07) is 7.84. The molecule has 0 radical (unpaired) electrons. The topological polar surface area (TPSA) is 29.5 Å². The number of hydrogen-bond acceptors (Lipinski definition) is 3. The van der Waals surface area contributed by atoms with Gasteiger partial charge in [-0.3, -0.25) is 9.69 Å². The summed E-state index contributed by atoms with van der Waals surface area (Å²) in [5.41, 5.74) is 0.770. The van der Waals surface area contributed by atoms with E-state index < -0.39 is 0 Å². The fourth-order valence-electron chi connectivity index (χ4n) is 1.91. The Labute approximate surface area is 110 Å². The van der Waals surface area contributed by atoms with Crippen molar-refractivity contribution in [2.45, 2.75) is 13.0 Å². The van der Waals surface area contributed by atoms with Crippen molar-refractivity contribution in [3.8, 4) is 0 Å². The van der Waals surface area contributed by atoms with Crippen LogP contribution in [0.15, 0.2) is 28.7 Å². The highest BCUT2D eigenvalue weighted by Gasteiger charge is 2.21. The van der Waals surface area contributed by atoms with Crippen LogP contribution >= 0.6 is 15.9 Å². The van der Waals surface area contributed by atoms with Crippen molar-refractivity contribution in [3.63, 3.8) is 0 Å². The molecule has 1 aliphatic rings. The summed E-state index contributed by atoms with van der Waals surface area (Å²) in [6.45, 7) is 4.84. The smallest absolute Gasteiger partial charge is 0.176 e. The molecule has 1 aromatic carbocycles. The van der Waals surface area contributed by atoms with E-state index >= 15 is 0 Å². The van der Waals surface area contributed by atoms with Gasteiger partial charge in [0.05, 0.1) is 19.8 Å². The highest BCUT2D eigenvalue weighted by molar-refractivity contribution is 9.10. The highest BCUT2D eigenvalue weighted by Crippen LogP contribution is 2.13. The molecule has 1 heterocycles. The Morgan fingerprint density at radius 3 is 2.82 bits per heavy atom. The van der Waals surface area contributed by atoms with E-state index in [9.17, 15) is 4.79 Å². The Kier molecular flexibility index (Phi) is 4.31. The number of hydrogen-bond donors (Lipinski definition) is 0. The maximum atomic E-state index is 12.1. The van der Waals surface area contributed by atoms with Crippen molar-refractivity contribution in [1.82, 2.24) is 4.90 Å². The average Bonchev–Trinajstić information content (AvgIpc) is 2.33. The Morgan fingerprint density at radius 1 is 1.47 bits per heavy atom. The Hall–Kier alpha value is -0.710. The molecule has 0 N–H and O–H groups in total. The van der Waals surface area contributed by atoms with E-state index in [1.807, 2.05) is 24.3 Å². The monoisotopic (exact) mass is 297 g/mol. The van der Waals surface area contributed by atoms with Gasteiger partial charge in [0.2, 0.25) is 0 Å². The van der Waals surface area contributed by atoms with Gasteiger partial charge < -0.3 is 4.74 Å². The van der Waals surface area contributed by atoms with E-state index in [0.29, 0.717) is 19.2 Å². The van der Waals surface area contributed by atoms with Crippen molar-refractivity contribution in [3.05, 3.63) is 34.3 Å². The summed E-state index contributed by atoms with van der Waals surface area (Å²) >= 11 is 3.36. The number of ether oxygens (including phenoxy) is 1. The quantitative estimate of drug-likeness (QED) is 0.802. The first kappa shape index (κ1) is 12.7. The lowest BCUT2D eigenvalue weighted by molar-refractivity contribution is 0.00201. The van der Waals surface area contributed by atoms with Gasteiger partial charge in [0, 0.05) is 22.6 Å². The summed E-state index contributed by atoms with van der Waals surface area (Å²) in [4.78, 5) is 14.2. The second-order valence-corrected chi connectivity index (χ2v) is 5.24. The summed E-state index contributed by atoms with van der Waals surface area (Å²) in [6.07, 6.45) is 0. The molecular weight excluding hydrogens is 282 g/mol. The van der Waals surface area contributed by atoms with Crippen LogP contribution in [0, 0.1) is 0 Å². The summed E-state index contributed by atoms with van der Waals surface area (Å²) in [5, 5.41) is 0. The molecule has 92 valence electrons. The largest absolute Gasteiger partial charge is 0.379 e. The standard InChI is InChI=1S/C13H16BrNO2/c1-10-9-17-7-6-15(10)8-13(16)11-2-4-12(14)5-3-11/h2-5,10H,6-9H2,1H3. The first-order valence-electron chi connectivity index (χ1n) is 5.77. The molecule has 0 amide bonds. The summed E-state index contributed by atoms with van der Waals surface area (Å²) in [5.74, 6) is 0.172. The van der Waals surface area contributed by atoms with E-state index in [-0.39, 0.29) is 5.78 Å². The van der Waals surface area contributed by atoms with Crippen molar-refractivity contribution in [2.75, 3.05) is 26.3 Å². The summed E-state index contributed by atoms with van der Waals surface area (Å²) < 4.78 is 6.35. The molecule has 1 fully saturated rings. The van der Waals surface area contributed by atoms with Crippen LogP contribution in [-0.2, 0) is 4.74 Å². The number of nitrogens with zero attached hydrogens (tertiary/aromatic N) is 1. The van der Waals surface area contributed by atoms with Gasteiger partial charge in [-0.1, -0.05) is 28.1 Å². The third kappa shape index (κ3) is 3.37. The lowest BCUT2D eigenvalue weighted by Crippen LogP contribution is -2.45. The normalized spacial score (nSPS) is 21.4. The lowest BCUT2D eigenvalue weighted by Gasteiger charge is -2.32. The van der Waals surface area contributed by atoms with Gasteiger partial charge in [-0.25, -0.2) is 0 Å². The molecule has 2 rings (SSSR count). The van der Waals surface area contributed by atoms with Gasteiger partial charge in [0.25, 0.3) is 0 Å². The van der Waals surface area contributed by atoms with Crippen LogP contribution in [0.5, 0.6) is 0 Å². The van der Waals surface area contributed by atoms with Crippen LogP contribution in [0.4, 0.5) is 0 Å².